The molecular weight excluding hydrogens is 274 g/mol. The van der Waals surface area contributed by atoms with Crippen LogP contribution in [0.4, 0.5) is 0 Å². The van der Waals surface area contributed by atoms with Crippen LogP contribution in [0.3, 0.4) is 0 Å². The molecule has 2 N–H and O–H groups in total. The molecule has 1 saturated heterocycles. The molecule has 118 valence electrons. The van der Waals surface area contributed by atoms with E-state index in [9.17, 15) is 0 Å². The second kappa shape index (κ2) is 11.2. The molecule has 0 spiro atoms. The number of ether oxygens (including phenoxy) is 2. The van der Waals surface area contributed by atoms with Crippen molar-refractivity contribution in [3.63, 3.8) is 0 Å². The van der Waals surface area contributed by atoms with E-state index in [1.807, 2.05) is 11.8 Å². The van der Waals surface area contributed by atoms with Crippen LogP contribution in [0.15, 0.2) is 4.99 Å². The Bertz CT molecular complexity index is 271. The van der Waals surface area contributed by atoms with Crippen LogP contribution in [0.5, 0.6) is 0 Å². The third-order valence-electron chi connectivity index (χ3n) is 2.97. The fourth-order valence-electron chi connectivity index (χ4n) is 1.92. The zero-order chi connectivity index (χ0) is 14.6. The van der Waals surface area contributed by atoms with Crippen molar-refractivity contribution in [2.75, 3.05) is 44.9 Å². The molecular formula is C14H29N3O2S. The normalized spacial score (nSPS) is 20.9. The van der Waals surface area contributed by atoms with Crippen LogP contribution in [0, 0.1) is 0 Å². The van der Waals surface area contributed by atoms with Gasteiger partial charge in [-0.2, -0.15) is 11.8 Å². The van der Waals surface area contributed by atoms with Gasteiger partial charge in [0.15, 0.2) is 5.96 Å². The van der Waals surface area contributed by atoms with Gasteiger partial charge in [-0.15, -0.1) is 0 Å². The second-order valence-corrected chi connectivity index (χ2v) is 5.96. The van der Waals surface area contributed by atoms with Gasteiger partial charge >= 0.3 is 0 Å². The van der Waals surface area contributed by atoms with Crippen LogP contribution >= 0.6 is 11.8 Å². The molecule has 0 bridgehead atoms. The minimum atomic E-state index is 0.244. The average Bonchev–Trinajstić information content (AvgIpc) is 2.95. The lowest BCUT2D eigenvalue weighted by Crippen LogP contribution is -2.44. The highest BCUT2D eigenvalue weighted by Crippen LogP contribution is 2.08. The molecule has 1 aliphatic heterocycles. The van der Waals surface area contributed by atoms with Gasteiger partial charge in [-0.3, -0.25) is 4.99 Å². The van der Waals surface area contributed by atoms with Crippen LogP contribution in [0.1, 0.15) is 26.7 Å². The molecule has 1 fully saturated rings. The maximum atomic E-state index is 5.81. The predicted molar refractivity (Wildman–Crippen MR) is 86.8 cm³/mol. The molecule has 0 saturated carbocycles. The molecule has 0 aromatic carbocycles. The van der Waals surface area contributed by atoms with Crippen molar-refractivity contribution in [2.24, 2.45) is 4.99 Å². The summed E-state index contributed by atoms with van der Waals surface area (Å²) in [4.78, 5) is 4.57. The first kappa shape index (κ1) is 17.6. The second-order valence-electron chi connectivity index (χ2n) is 4.97. The number of nitrogens with one attached hydrogen (secondary N) is 2. The minimum absolute atomic E-state index is 0.244. The first-order valence-electron chi connectivity index (χ1n) is 7.49. The minimum Gasteiger partial charge on any atom is -0.379 e. The van der Waals surface area contributed by atoms with Crippen molar-refractivity contribution in [3.05, 3.63) is 0 Å². The van der Waals surface area contributed by atoms with Crippen molar-refractivity contribution in [3.8, 4) is 0 Å². The van der Waals surface area contributed by atoms with Crippen LogP contribution < -0.4 is 10.6 Å². The quantitative estimate of drug-likeness (QED) is 0.384. The predicted octanol–water partition coefficient (Wildman–Crippen LogP) is 1.49. The summed E-state index contributed by atoms with van der Waals surface area (Å²) in [6.45, 7) is 8.17. The highest BCUT2D eigenvalue weighted by Gasteiger charge is 2.17. The summed E-state index contributed by atoms with van der Waals surface area (Å²) >= 11 is 1.86. The molecule has 0 aliphatic carbocycles. The van der Waals surface area contributed by atoms with E-state index in [1.165, 1.54) is 0 Å². The maximum absolute atomic E-state index is 5.81. The molecule has 0 amide bonds. The Hall–Kier alpha value is -0.460. The van der Waals surface area contributed by atoms with Crippen LogP contribution in [0.25, 0.3) is 0 Å². The SMILES string of the molecule is CCNC(=NCCCSC)NC(C)COC1CCOC1. The molecule has 6 heteroatoms. The average molecular weight is 303 g/mol. The van der Waals surface area contributed by atoms with Crippen LogP contribution in [-0.4, -0.2) is 63.0 Å². The zero-order valence-corrected chi connectivity index (χ0v) is 13.8. The first-order valence-corrected chi connectivity index (χ1v) is 8.88. The fourth-order valence-corrected chi connectivity index (χ4v) is 2.34. The molecule has 2 atom stereocenters. The molecule has 0 radical (unpaired) electrons. The van der Waals surface area contributed by atoms with Gasteiger partial charge in [0.1, 0.15) is 0 Å². The summed E-state index contributed by atoms with van der Waals surface area (Å²) in [5, 5.41) is 6.66. The molecule has 2 unspecified atom stereocenters. The van der Waals surface area contributed by atoms with E-state index in [0.717, 1.165) is 50.9 Å². The Balaban J connectivity index is 2.23. The fraction of sp³-hybridized carbons (Fsp3) is 0.929. The Kier molecular flexibility index (Phi) is 9.87. The summed E-state index contributed by atoms with van der Waals surface area (Å²) in [5.41, 5.74) is 0. The Morgan fingerprint density at radius 3 is 3.05 bits per heavy atom. The van der Waals surface area contributed by atoms with Gasteiger partial charge in [0.25, 0.3) is 0 Å². The van der Waals surface area contributed by atoms with Crippen molar-refractivity contribution in [2.45, 2.75) is 38.8 Å². The molecule has 1 rings (SSSR count). The Morgan fingerprint density at radius 1 is 1.55 bits per heavy atom. The maximum Gasteiger partial charge on any atom is 0.191 e. The summed E-state index contributed by atoms with van der Waals surface area (Å²) in [6, 6.07) is 0.244. The van der Waals surface area contributed by atoms with Gasteiger partial charge in [-0.1, -0.05) is 0 Å². The van der Waals surface area contributed by atoms with Gasteiger partial charge in [-0.25, -0.2) is 0 Å². The van der Waals surface area contributed by atoms with Gasteiger partial charge in [0, 0.05) is 25.7 Å². The van der Waals surface area contributed by atoms with Crippen molar-refractivity contribution >= 4 is 17.7 Å². The van der Waals surface area contributed by atoms with E-state index in [0.29, 0.717) is 6.61 Å². The molecule has 20 heavy (non-hydrogen) atoms. The van der Waals surface area contributed by atoms with Crippen molar-refractivity contribution in [1.29, 1.82) is 0 Å². The molecule has 0 aromatic heterocycles. The number of thioether (sulfide) groups is 1. The molecule has 1 aliphatic rings. The standard InChI is InChI=1S/C14H29N3O2S/c1-4-15-14(16-7-5-9-20-3)17-12(2)10-19-13-6-8-18-11-13/h12-13H,4-11H2,1-3H3,(H2,15,16,17). The first-order chi connectivity index (χ1) is 9.76. The Labute approximate surface area is 127 Å². The third kappa shape index (κ3) is 7.97. The number of hydrogen-bond acceptors (Lipinski definition) is 4. The highest BCUT2D eigenvalue weighted by atomic mass is 32.2. The summed E-state index contributed by atoms with van der Waals surface area (Å²) in [5.74, 6) is 2.04. The van der Waals surface area contributed by atoms with Crippen LogP contribution in [-0.2, 0) is 9.47 Å². The van der Waals surface area contributed by atoms with Crippen molar-refractivity contribution < 1.29 is 9.47 Å². The van der Waals surface area contributed by atoms with Crippen molar-refractivity contribution in [1.82, 2.24) is 10.6 Å². The number of hydrogen-bond donors (Lipinski definition) is 2. The summed E-state index contributed by atoms with van der Waals surface area (Å²) in [7, 11) is 0. The van der Waals surface area contributed by atoms with Gasteiger partial charge in [-0.05, 0) is 38.7 Å². The summed E-state index contributed by atoms with van der Waals surface area (Å²) in [6.07, 6.45) is 4.51. The molecule has 0 aromatic rings. The molecule has 1 heterocycles. The summed E-state index contributed by atoms with van der Waals surface area (Å²) < 4.78 is 11.1. The van der Waals surface area contributed by atoms with Gasteiger partial charge in [0.05, 0.1) is 19.3 Å². The number of aliphatic imine (C=N–C) groups is 1. The van der Waals surface area contributed by atoms with Gasteiger partial charge < -0.3 is 20.1 Å². The number of rotatable bonds is 9. The number of nitrogens with zero attached hydrogens (tertiary/aromatic N) is 1. The van der Waals surface area contributed by atoms with Crippen LogP contribution in [0.2, 0.25) is 0 Å². The highest BCUT2D eigenvalue weighted by molar-refractivity contribution is 7.98. The zero-order valence-electron chi connectivity index (χ0n) is 13.0. The monoisotopic (exact) mass is 303 g/mol. The third-order valence-corrected chi connectivity index (χ3v) is 3.67. The topological polar surface area (TPSA) is 54.9 Å². The molecule has 5 nitrogen and oxygen atoms in total. The lowest BCUT2D eigenvalue weighted by molar-refractivity contribution is 0.0347. The largest absolute Gasteiger partial charge is 0.379 e. The van der Waals surface area contributed by atoms with Gasteiger partial charge in [0.2, 0.25) is 0 Å². The lowest BCUT2D eigenvalue weighted by atomic mass is 10.3. The van der Waals surface area contributed by atoms with E-state index in [-0.39, 0.29) is 12.1 Å². The van der Waals surface area contributed by atoms with E-state index in [4.69, 9.17) is 9.47 Å². The number of guanidine groups is 1. The Morgan fingerprint density at radius 2 is 2.40 bits per heavy atom. The van der Waals surface area contributed by atoms with E-state index < -0.39 is 0 Å². The van der Waals surface area contributed by atoms with E-state index in [2.05, 4.69) is 35.7 Å². The van der Waals surface area contributed by atoms with E-state index in [1.54, 1.807) is 0 Å². The van der Waals surface area contributed by atoms with E-state index >= 15 is 0 Å². The lowest BCUT2D eigenvalue weighted by Gasteiger charge is -2.19. The smallest absolute Gasteiger partial charge is 0.191 e.